The van der Waals surface area contributed by atoms with Crippen molar-refractivity contribution in [3.05, 3.63) is 11.5 Å². The molecule has 0 fully saturated rings. The summed E-state index contributed by atoms with van der Waals surface area (Å²) in [6, 6.07) is -0.195. The molecule has 0 bridgehead atoms. The molecule has 0 rings (SSSR count). The van der Waals surface area contributed by atoms with Gasteiger partial charge in [-0.15, -0.1) is 0 Å². The minimum atomic E-state index is -2.98. The molecule has 0 saturated heterocycles. The number of rotatable bonds is 2. The first-order valence-electron chi connectivity index (χ1n) is 2.55. The van der Waals surface area contributed by atoms with Gasteiger partial charge < -0.3 is 5.73 Å². The van der Waals surface area contributed by atoms with Crippen LogP contribution in [0.3, 0.4) is 0 Å². The molecule has 0 aliphatic rings. The van der Waals surface area contributed by atoms with Gasteiger partial charge in [0, 0.05) is 17.7 Å². The van der Waals surface area contributed by atoms with Crippen molar-refractivity contribution in [1.82, 2.24) is 0 Å². The minimum absolute atomic E-state index is 0.195. The zero-order chi connectivity index (χ0) is 7.49. The number of hydrogen-bond donors (Lipinski definition) is 1. The highest BCUT2D eigenvalue weighted by Gasteiger charge is 1.92. The van der Waals surface area contributed by atoms with Gasteiger partial charge in [0.25, 0.3) is 0 Å². The van der Waals surface area contributed by atoms with E-state index in [-0.39, 0.29) is 6.04 Å². The molecule has 4 heteroatoms. The Morgan fingerprint density at radius 2 is 2.00 bits per heavy atom. The maximum absolute atomic E-state index is 10.4. The van der Waals surface area contributed by atoms with Gasteiger partial charge in [0.05, 0.1) is 0 Å². The van der Waals surface area contributed by atoms with Gasteiger partial charge in [-0.3, -0.25) is 0 Å². The summed E-state index contributed by atoms with van der Waals surface area (Å²) in [7, 11) is -2.98. The van der Waals surface area contributed by atoms with Crippen LogP contribution in [-0.2, 0) is 9.84 Å². The third kappa shape index (κ3) is 7.65. The Hall–Kier alpha value is -0.350. The Morgan fingerprint density at radius 1 is 1.56 bits per heavy atom. The average Bonchev–Trinajstić information content (AvgIpc) is 1.59. The summed E-state index contributed by atoms with van der Waals surface area (Å²) in [5.41, 5.74) is 5.25. The zero-order valence-electron chi connectivity index (χ0n) is 5.53. The van der Waals surface area contributed by atoms with Gasteiger partial charge in [-0.1, -0.05) is 6.08 Å². The van der Waals surface area contributed by atoms with Crippen LogP contribution in [0.25, 0.3) is 0 Å². The normalized spacial score (nSPS) is 16.3. The minimum Gasteiger partial charge on any atom is -0.325 e. The van der Waals surface area contributed by atoms with Crippen LogP contribution in [0.1, 0.15) is 6.92 Å². The van der Waals surface area contributed by atoms with Crippen molar-refractivity contribution in [1.29, 1.82) is 0 Å². The van der Waals surface area contributed by atoms with Crippen molar-refractivity contribution >= 4 is 9.84 Å². The van der Waals surface area contributed by atoms with E-state index in [0.717, 1.165) is 11.7 Å². The van der Waals surface area contributed by atoms with Gasteiger partial charge in [0.1, 0.15) is 0 Å². The van der Waals surface area contributed by atoms with Crippen molar-refractivity contribution in [2.45, 2.75) is 13.0 Å². The monoisotopic (exact) mass is 149 g/mol. The van der Waals surface area contributed by atoms with E-state index >= 15 is 0 Å². The lowest BCUT2D eigenvalue weighted by Gasteiger charge is -1.91. The van der Waals surface area contributed by atoms with Gasteiger partial charge in [0.2, 0.25) is 0 Å². The molecule has 0 aliphatic heterocycles. The summed E-state index contributed by atoms with van der Waals surface area (Å²) in [5.74, 6) is 0. The average molecular weight is 149 g/mol. The van der Waals surface area contributed by atoms with Crippen LogP contribution in [0.4, 0.5) is 0 Å². The molecule has 3 nitrogen and oxygen atoms in total. The van der Waals surface area contributed by atoms with E-state index < -0.39 is 9.84 Å². The highest BCUT2D eigenvalue weighted by molar-refractivity contribution is 7.93. The molecule has 2 N–H and O–H groups in total. The Balaban J connectivity index is 4.03. The first-order valence-corrected chi connectivity index (χ1v) is 4.51. The first kappa shape index (κ1) is 8.65. The molecular weight excluding hydrogens is 138 g/mol. The highest BCUT2D eigenvalue weighted by Crippen LogP contribution is 1.86. The lowest BCUT2D eigenvalue weighted by Crippen LogP contribution is -2.10. The van der Waals surface area contributed by atoms with Crippen LogP contribution >= 0.6 is 0 Å². The Bertz CT molecular complexity index is 191. The Morgan fingerprint density at radius 3 is 2.11 bits per heavy atom. The fraction of sp³-hybridized carbons (Fsp3) is 0.600. The highest BCUT2D eigenvalue weighted by atomic mass is 32.2. The molecule has 0 spiro atoms. The third-order valence-electron chi connectivity index (χ3n) is 0.629. The molecule has 0 unspecified atom stereocenters. The van der Waals surface area contributed by atoms with E-state index in [0.29, 0.717) is 0 Å². The molecule has 1 atom stereocenters. The summed E-state index contributed by atoms with van der Waals surface area (Å²) < 4.78 is 20.8. The van der Waals surface area contributed by atoms with Crippen LogP contribution in [-0.4, -0.2) is 20.7 Å². The molecular formula is C5H11NO2S. The van der Waals surface area contributed by atoms with Crippen LogP contribution in [0.15, 0.2) is 11.5 Å². The fourth-order valence-electron chi connectivity index (χ4n) is 0.267. The molecule has 0 radical (unpaired) electrons. The van der Waals surface area contributed by atoms with E-state index in [2.05, 4.69) is 0 Å². The predicted molar refractivity (Wildman–Crippen MR) is 37.6 cm³/mol. The summed E-state index contributed by atoms with van der Waals surface area (Å²) in [6.45, 7) is 1.71. The lowest BCUT2D eigenvalue weighted by atomic mass is 10.4. The maximum Gasteiger partial charge on any atom is 0.168 e. The summed E-state index contributed by atoms with van der Waals surface area (Å²) >= 11 is 0. The lowest BCUT2D eigenvalue weighted by molar-refractivity contribution is 0.610. The third-order valence-corrected chi connectivity index (χ3v) is 1.28. The van der Waals surface area contributed by atoms with Gasteiger partial charge >= 0.3 is 0 Å². The van der Waals surface area contributed by atoms with Crippen molar-refractivity contribution in [2.24, 2.45) is 5.73 Å². The molecule has 54 valence electrons. The fourth-order valence-corrected chi connectivity index (χ4v) is 0.800. The van der Waals surface area contributed by atoms with E-state index in [1.807, 2.05) is 0 Å². The van der Waals surface area contributed by atoms with Crippen molar-refractivity contribution in [3.8, 4) is 0 Å². The second-order valence-corrected chi connectivity index (χ2v) is 3.95. The second-order valence-electron chi connectivity index (χ2n) is 2.02. The number of hydrogen-bond acceptors (Lipinski definition) is 3. The molecule has 0 aliphatic carbocycles. The van der Waals surface area contributed by atoms with Gasteiger partial charge in [-0.2, -0.15) is 0 Å². The van der Waals surface area contributed by atoms with E-state index in [4.69, 9.17) is 5.73 Å². The molecule has 0 aromatic rings. The van der Waals surface area contributed by atoms with Crippen LogP contribution < -0.4 is 5.73 Å². The first-order chi connectivity index (χ1) is 3.92. The largest absolute Gasteiger partial charge is 0.325 e. The molecule has 0 aromatic heterocycles. The van der Waals surface area contributed by atoms with Crippen molar-refractivity contribution in [3.63, 3.8) is 0 Å². The van der Waals surface area contributed by atoms with Gasteiger partial charge in [-0.05, 0) is 6.92 Å². The van der Waals surface area contributed by atoms with Gasteiger partial charge in [0.15, 0.2) is 9.84 Å². The summed E-state index contributed by atoms with van der Waals surface area (Å²) in [4.78, 5) is 0. The maximum atomic E-state index is 10.4. The quantitative estimate of drug-likeness (QED) is 0.596. The number of sulfone groups is 1. The van der Waals surface area contributed by atoms with Crippen molar-refractivity contribution < 1.29 is 8.42 Å². The smallest absolute Gasteiger partial charge is 0.168 e. The van der Waals surface area contributed by atoms with E-state index in [9.17, 15) is 8.42 Å². The van der Waals surface area contributed by atoms with E-state index in [1.165, 1.54) is 6.08 Å². The van der Waals surface area contributed by atoms with Gasteiger partial charge in [-0.25, -0.2) is 8.42 Å². The number of nitrogens with two attached hydrogens (primary N) is 1. The molecule has 0 saturated carbocycles. The SMILES string of the molecule is C[C@@H](N)C=CS(C)(=O)=O. The predicted octanol–water partition coefficient (Wildman–Crippen LogP) is -0.108. The molecule has 0 aromatic carbocycles. The van der Waals surface area contributed by atoms with Crippen LogP contribution in [0, 0.1) is 0 Å². The zero-order valence-corrected chi connectivity index (χ0v) is 6.35. The summed E-state index contributed by atoms with van der Waals surface area (Å²) in [6.07, 6.45) is 2.57. The second kappa shape index (κ2) is 2.98. The van der Waals surface area contributed by atoms with Crippen molar-refractivity contribution in [2.75, 3.05) is 6.26 Å². The van der Waals surface area contributed by atoms with E-state index in [1.54, 1.807) is 6.92 Å². The van der Waals surface area contributed by atoms with Crippen LogP contribution in [0.5, 0.6) is 0 Å². The topological polar surface area (TPSA) is 60.2 Å². The molecule has 9 heavy (non-hydrogen) atoms. The Kier molecular flexibility index (Phi) is 2.87. The van der Waals surface area contributed by atoms with Crippen LogP contribution in [0.2, 0.25) is 0 Å². The molecule has 0 amide bonds. The summed E-state index contributed by atoms with van der Waals surface area (Å²) in [5, 5.41) is 1.11. The standard InChI is InChI=1S/C5H11NO2S/c1-5(6)3-4-9(2,7)8/h3-5H,6H2,1-2H3/t5-/m1/s1. The molecule has 0 heterocycles. The Labute approximate surface area is 55.5 Å².